The highest BCUT2D eigenvalue weighted by Crippen LogP contribution is 2.36. The van der Waals surface area contributed by atoms with Crippen molar-refractivity contribution in [3.05, 3.63) is 29.8 Å². The van der Waals surface area contributed by atoms with Crippen molar-refractivity contribution in [3.8, 4) is 5.75 Å². The zero-order valence-corrected chi connectivity index (χ0v) is 12.8. The summed E-state index contributed by atoms with van der Waals surface area (Å²) in [6.07, 6.45) is -2.94. The highest BCUT2D eigenvalue weighted by atomic mass is 35.5. The van der Waals surface area contributed by atoms with Crippen LogP contribution in [0.3, 0.4) is 0 Å². The standard InChI is InChI=1S/C15H15ClF3NO3/c16-9-13(22)20-14(7-2-1-6-12(14)21)10-4-3-5-11(8-10)23-15(17,18)19/h3-5,8H,1-2,6-7,9H2,(H,20,22). The van der Waals surface area contributed by atoms with E-state index in [0.717, 1.165) is 12.1 Å². The smallest absolute Gasteiger partial charge is 0.406 e. The van der Waals surface area contributed by atoms with Crippen molar-refractivity contribution < 1.29 is 27.5 Å². The number of alkyl halides is 4. The zero-order chi connectivity index (χ0) is 17.1. The number of rotatable bonds is 4. The third kappa shape index (κ3) is 4.16. The van der Waals surface area contributed by atoms with E-state index < -0.39 is 23.6 Å². The van der Waals surface area contributed by atoms with Gasteiger partial charge in [0.25, 0.3) is 0 Å². The molecule has 8 heteroatoms. The molecule has 1 aromatic carbocycles. The van der Waals surface area contributed by atoms with Gasteiger partial charge in [-0.05, 0) is 37.0 Å². The third-order valence-corrected chi connectivity index (χ3v) is 3.96. The molecule has 0 radical (unpaired) electrons. The second-order valence-electron chi connectivity index (χ2n) is 5.29. The number of hydrogen-bond donors (Lipinski definition) is 1. The minimum atomic E-state index is -4.83. The van der Waals surface area contributed by atoms with Crippen LogP contribution in [0.15, 0.2) is 24.3 Å². The fraction of sp³-hybridized carbons (Fsp3) is 0.467. The van der Waals surface area contributed by atoms with Gasteiger partial charge >= 0.3 is 6.36 Å². The topological polar surface area (TPSA) is 55.4 Å². The lowest BCUT2D eigenvalue weighted by Crippen LogP contribution is -2.53. The molecule has 1 aliphatic rings. The van der Waals surface area contributed by atoms with E-state index in [1.54, 1.807) is 0 Å². The van der Waals surface area contributed by atoms with E-state index in [-0.39, 0.29) is 23.6 Å². The van der Waals surface area contributed by atoms with Gasteiger partial charge in [-0.1, -0.05) is 12.1 Å². The second kappa shape index (κ2) is 6.78. The van der Waals surface area contributed by atoms with Gasteiger partial charge in [0, 0.05) is 6.42 Å². The van der Waals surface area contributed by atoms with Gasteiger partial charge in [0.1, 0.15) is 17.2 Å². The third-order valence-electron chi connectivity index (χ3n) is 3.72. The fourth-order valence-corrected chi connectivity index (χ4v) is 2.84. The molecule has 126 valence electrons. The Morgan fingerprint density at radius 3 is 2.70 bits per heavy atom. The number of halogens is 4. The monoisotopic (exact) mass is 349 g/mol. The number of benzene rings is 1. The predicted octanol–water partition coefficient (Wildman–Crippen LogP) is 3.28. The molecule has 4 nitrogen and oxygen atoms in total. The number of ether oxygens (including phenoxy) is 1. The van der Waals surface area contributed by atoms with Crippen LogP contribution in [-0.4, -0.2) is 23.9 Å². The average Bonchev–Trinajstić information content (AvgIpc) is 2.48. The summed E-state index contributed by atoms with van der Waals surface area (Å²) in [4.78, 5) is 24.2. The molecule has 0 aromatic heterocycles. The minimum Gasteiger partial charge on any atom is -0.406 e. The Morgan fingerprint density at radius 2 is 2.09 bits per heavy atom. The highest BCUT2D eigenvalue weighted by Gasteiger charge is 2.43. The molecule has 1 atom stereocenters. The maximum atomic E-state index is 12.4. The summed E-state index contributed by atoms with van der Waals surface area (Å²) >= 11 is 5.49. The van der Waals surface area contributed by atoms with E-state index >= 15 is 0 Å². The number of carbonyl (C=O) groups excluding carboxylic acids is 2. The zero-order valence-electron chi connectivity index (χ0n) is 12.1. The fourth-order valence-electron chi connectivity index (χ4n) is 2.77. The quantitative estimate of drug-likeness (QED) is 0.849. The van der Waals surface area contributed by atoms with Crippen LogP contribution in [0.2, 0.25) is 0 Å². The Labute approximate surface area is 135 Å². The summed E-state index contributed by atoms with van der Waals surface area (Å²) in [5, 5.41) is 2.58. The molecule has 1 amide bonds. The lowest BCUT2D eigenvalue weighted by atomic mass is 9.75. The van der Waals surface area contributed by atoms with E-state index in [1.165, 1.54) is 12.1 Å². The molecule has 0 saturated heterocycles. The molecule has 1 unspecified atom stereocenters. The van der Waals surface area contributed by atoms with E-state index in [2.05, 4.69) is 10.1 Å². The summed E-state index contributed by atoms with van der Waals surface area (Å²) in [6.45, 7) is 0. The molecule has 2 rings (SSSR count). The maximum Gasteiger partial charge on any atom is 0.573 e. The Kier molecular flexibility index (Phi) is 5.19. The van der Waals surface area contributed by atoms with E-state index in [9.17, 15) is 22.8 Å². The van der Waals surface area contributed by atoms with Crippen molar-refractivity contribution in [1.29, 1.82) is 0 Å². The number of hydrogen-bond acceptors (Lipinski definition) is 3. The first-order valence-corrected chi connectivity index (χ1v) is 7.57. The van der Waals surface area contributed by atoms with Gasteiger partial charge in [-0.2, -0.15) is 0 Å². The first-order valence-electron chi connectivity index (χ1n) is 7.03. The maximum absolute atomic E-state index is 12.4. The normalized spacial score (nSPS) is 21.8. The number of ketones is 1. The summed E-state index contributed by atoms with van der Waals surface area (Å²) in [7, 11) is 0. The molecule has 1 N–H and O–H groups in total. The van der Waals surface area contributed by atoms with Gasteiger partial charge in [-0.3, -0.25) is 9.59 Å². The van der Waals surface area contributed by atoms with Gasteiger partial charge in [0.15, 0.2) is 5.78 Å². The van der Waals surface area contributed by atoms with Crippen molar-refractivity contribution in [2.24, 2.45) is 0 Å². The molecule has 0 bridgehead atoms. The number of carbonyl (C=O) groups is 2. The molecule has 1 aliphatic carbocycles. The van der Waals surface area contributed by atoms with Crippen molar-refractivity contribution in [3.63, 3.8) is 0 Å². The molecular formula is C15H15ClF3NO3. The summed E-state index contributed by atoms with van der Waals surface area (Å²) in [6, 6.07) is 5.13. The summed E-state index contributed by atoms with van der Waals surface area (Å²) < 4.78 is 41.0. The van der Waals surface area contributed by atoms with Gasteiger partial charge in [-0.15, -0.1) is 24.8 Å². The molecular weight excluding hydrogens is 335 g/mol. The molecule has 0 spiro atoms. The van der Waals surface area contributed by atoms with Crippen molar-refractivity contribution in [2.45, 2.75) is 37.6 Å². The van der Waals surface area contributed by atoms with Crippen LogP contribution in [0.1, 0.15) is 31.2 Å². The van der Waals surface area contributed by atoms with Gasteiger partial charge < -0.3 is 10.1 Å². The summed E-state index contributed by atoms with van der Waals surface area (Å²) in [5.41, 5.74) is -1.09. The minimum absolute atomic E-state index is 0.243. The van der Waals surface area contributed by atoms with Crippen molar-refractivity contribution in [2.75, 3.05) is 5.88 Å². The van der Waals surface area contributed by atoms with Crippen molar-refractivity contribution in [1.82, 2.24) is 5.32 Å². The summed E-state index contributed by atoms with van der Waals surface area (Å²) in [5.74, 6) is -1.57. The van der Waals surface area contributed by atoms with Gasteiger partial charge in [0.05, 0.1) is 0 Å². The van der Waals surface area contributed by atoms with Crippen LogP contribution < -0.4 is 10.1 Å². The van der Waals surface area contributed by atoms with Crippen LogP contribution in [0, 0.1) is 0 Å². The molecule has 0 heterocycles. The van der Waals surface area contributed by atoms with Crippen LogP contribution in [0.5, 0.6) is 5.75 Å². The Bertz CT molecular complexity index is 606. The molecule has 1 fully saturated rings. The van der Waals surface area contributed by atoms with E-state index in [1.807, 2.05) is 0 Å². The van der Waals surface area contributed by atoms with Crippen LogP contribution in [0.25, 0.3) is 0 Å². The predicted molar refractivity (Wildman–Crippen MR) is 77.1 cm³/mol. The molecule has 23 heavy (non-hydrogen) atoms. The van der Waals surface area contributed by atoms with Crippen LogP contribution >= 0.6 is 11.6 Å². The van der Waals surface area contributed by atoms with Crippen LogP contribution in [-0.2, 0) is 15.1 Å². The lowest BCUT2D eigenvalue weighted by Gasteiger charge is -2.37. The SMILES string of the molecule is O=C(CCl)NC1(c2cccc(OC(F)(F)F)c2)CCCCC1=O. The van der Waals surface area contributed by atoms with Crippen molar-refractivity contribution >= 4 is 23.3 Å². The second-order valence-corrected chi connectivity index (χ2v) is 5.56. The van der Waals surface area contributed by atoms with E-state index in [4.69, 9.17) is 11.6 Å². The first kappa shape index (κ1) is 17.6. The highest BCUT2D eigenvalue weighted by molar-refractivity contribution is 6.27. The molecule has 0 aliphatic heterocycles. The Balaban J connectivity index is 2.41. The average molecular weight is 350 g/mol. The number of Topliss-reactive ketones (excluding diaryl/α,β-unsaturated/α-hetero) is 1. The first-order chi connectivity index (χ1) is 10.8. The Hall–Kier alpha value is -1.76. The number of nitrogens with one attached hydrogen (secondary N) is 1. The Morgan fingerprint density at radius 1 is 1.35 bits per heavy atom. The van der Waals surface area contributed by atoms with E-state index in [0.29, 0.717) is 19.3 Å². The number of amides is 1. The molecule has 1 saturated carbocycles. The lowest BCUT2D eigenvalue weighted by molar-refractivity contribution is -0.274. The molecule has 1 aromatic rings. The van der Waals surface area contributed by atoms with Crippen LogP contribution in [0.4, 0.5) is 13.2 Å². The van der Waals surface area contributed by atoms with Gasteiger partial charge in [0.2, 0.25) is 5.91 Å². The van der Waals surface area contributed by atoms with Gasteiger partial charge in [-0.25, -0.2) is 0 Å². The largest absolute Gasteiger partial charge is 0.573 e.